The van der Waals surface area contributed by atoms with Crippen molar-refractivity contribution in [3.8, 4) is 5.75 Å². The van der Waals surface area contributed by atoms with Gasteiger partial charge < -0.3 is 20.5 Å². The van der Waals surface area contributed by atoms with Crippen molar-refractivity contribution >= 4 is 23.3 Å². The predicted molar refractivity (Wildman–Crippen MR) is 92.2 cm³/mol. The third-order valence-corrected chi connectivity index (χ3v) is 3.51. The molecule has 2 rings (SSSR count). The molecule has 2 aromatic carbocycles. The SMILES string of the molecule is COc1ccc(C)cc1NC(=O)COC(=O)c1cccc(C)c1N. The van der Waals surface area contributed by atoms with E-state index in [1.165, 1.54) is 7.11 Å². The number of rotatable bonds is 5. The van der Waals surface area contributed by atoms with Crippen LogP contribution in [0.2, 0.25) is 0 Å². The lowest BCUT2D eigenvalue weighted by Crippen LogP contribution is -2.21. The van der Waals surface area contributed by atoms with Crippen LogP contribution in [-0.4, -0.2) is 25.6 Å². The number of amides is 1. The molecule has 0 heterocycles. The van der Waals surface area contributed by atoms with Crippen molar-refractivity contribution in [2.45, 2.75) is 13.8 Å². The molecule has 6 heteroatoms. The van der Waals surface area contributed by atoms with Crippen molar-refractivity contribution in [2.75, 3.05) is 24.8 Å². The highest BCUT2D eigenvalue weighted by Crippen LogP contribution is 2.25. The van der Waals surface area contributed by atoms with Crippen molar-refractivity contribution in [3.05, 3.63) is 53.1 Å². The topological polar surface area (TPSA) is 90.6 Å². The summed E-state index contributed by atoms with van der Waals surface area (Å²) < 4.78 is 10.2. The van der Waals surface area contributed by atoms with Crippen LogP contribution in [-0.2, 0) is 9.53 Å². The molecule has 0 saturated carbocycles. The molecule has 24 heavy (non-hydrogen) atoms. The smallest absolute Gasteiger partial charge is 0.340 e. The number of hydrogen-bond acceptors (Lipinski definition) is 5. The van der Waals surface area contributed by atoms with Gasteiger partial charge in [-0.1, -0.05) is 18.2 Å². The second-order valence-electron chi connectivity index (χ2n) is 5.36. The first-order valence-electron chi connectivity index (χ1n) is 7.39. The van der Waals surface area contributed by atoms with Crippen LogP contribution >= 0.6 is 0 Å². The monoisotopic (exact) mass is 328 g/mol. The van der Waals surface area contributed by atoms with E-state index in [0.717, 1.165) is 11.1 Å². The summed E-state index contributed by atoms with van der Waals surface area (Å²) in [6.07, 6.45) is 0. The van der Waals surface area contributed by atoms with Gasteiger partial charge in [0.2, 0.25) is 0 Å². The van der Waals surface area contributed by atoms with E-state index < -0.39 is 18.5 Å². The van der Waals surface area contributed by atoms with Crippen molar-refractivity contribution in [1.29, 1.82) is 0 Å². The van der Waals surface area contributed by atoms with E-state index in [-0.39, 0.29) is 5.56 Å². The van der Waals surface area contributed by atoms with Gasteiger partial charge in [-0.3, -0.25) is 4.79 Å². The van der Waals surface area contributed by atoms with Crippen LogP contribution in [0.25, 0.3) is 0 Å². The first-order chi connectivity index (χ1) is 11.4. The first-order valence-corrected chi connectivity index (χ1v) is 7.39. The van der Waals surface area contributed by atoms with E-state index in [1.807, 2.05) is 13.0 Å². The third kappa shape index (κ3) is 4.04. The molecular weight excluding hydrogens is 308 g/mol. The predicted octanol–water partition coefficient (Wildman–Crippen LogP) is 2.69. The number of nitrogens with two attached hydrogens (primary N) is 1. The number of aryl methyl sites for hydroxylation is 2. The van der Waals surface area contributed by atoms with Crippen molar-refractivity contribution in [2.24, 2.45) is 0 Å². The van der Waals surface area contributed by atoms with Crippen LogP contribution in [0, 0.1) is 13.8 Å². The number of nitrogens with one attached hydrogen (secondary N) is 1. The summed E-state index contributed by atoms with van der Waals surface area (Å²) in [4.78, 5) is 24.0. The minimum atomic E-state index is -0.637. The molecule has 126 valence electrons. The summed E-state index contributed by atoms with van der Waals surface area (Å²) in [7, 11) is 1.51. The summed E-state index contributed by atoms with van der Waals surface area (Å²) in [5.41, 5.74) is 8.71. The Morgan fingerprint density at radius 2 is 1.92 bits per heavy atom. The number of anilines is 2. The van der Waals surface area contributed by atoms with Gasteiger partial charge in [0.25, 0.3) is 5.91 Å². The van der Waals surface area contributed by atoms with E-state index in [1.54, 1.807) is 37.3 Å². The van der Waals surface area contributed by atoms with Gasteiger partial charge in [0.15, 0.2) is 6.61 Å². The molecule has 0 aliphatic heterocycles. The fourth-order valence-electron chi connectivity index (χ4n) is 2.17. The second kappa shape index (κ2) is 7.50. The van der Waals surface area contributed by atoms with Crippen LogP contribution in [0.3, 0.4) is 0 Å². The Labute approximate surface area is 140 Å². The summed E-state index contributed by atoms with van der Waals surface area (Å²) in [6.45, 7) is 3.28. The Morgan fingerprint density at radius 3 is 2.62 bits per heavy atom. The number of ether oxygens (including phenoxy) is 2. The van der Waals surface area contributed by atoms with Gasteiger partial charge in [0, 0.05) is 5.69 Å². The highest BCUT2D eigenvalue weighted by Gasteiger charge is 2.15. The summed E-state index contributed by atoms with van der Waals surface area (Å²) in [5.74, 6) is -0.566. The Balaban J connectivity index is 2.00. The number of benzene rings is 2. The van der Waals surface area contributed by atoms with Crippen LogP contribution in [0.5, 0.6) is 5.75 Å². The normalized spacial score (nSPS) is 10.1. The number of carbonyl (C=O) groups excluding carboxylic acids is 2. The standard InChI is InChI=1S/C18H20N2O4/c1-11-7-8-15(23-3)14(9-11)20-16(21)10-24-18(22)13-6-4-5-12(2)17(13)19/h4-9H,10,19H2,1-3H3,(H,20,21). The number of nitrogen functional groups attached to an aromatic ring is 1. The van der Waals surface area contributed by atoms with Gasteiger partial charge in [-0.05, 0) is 43.2 Å². The lowest BCUT2D eigenvalue weighted by Gasteiger charge is -2.12. The Morgan fingerprint density at radius 1 is 1.17 bits per heavy atom. The van der Waals surface area contributed by atoms with Crippen molar-refractivity contribution in [3.63, 3.8) is 0 Å². The number of methoxy groups -OCH3 is 1. The zero-order valence-corrected chi connectivity index (χ0v) is 13.9. The van der Waals surface area contributed by atoms with E-state index in [0.29, 0.717) is 17.1 Å². The fraction of sp³-hybridized carbons (Fsp3) is 0.222. The summed E-state index contributed by atoms with van der Waals surface area (Å²) >= 11 is 0. The van der Waals surface area contributed by atoms with E-state index in [9.17, 15) is 9.59 Å². The Hall–Kier alpha value is -3.02. The number of hydrogen-bond donors (Lipinski definition) is 2. The molecule has 0 aromatic heterocycles. The molecule has 0 radical (unpaired) electrons. The number of para-hydroxylation sites is 1. The molecule has 3 N–H and O–H groups in total. The lowest BCUT2D eigenvalue weighted by molar-refractivity contribution is -0.119. The zero-order chi connectivity index (χ0) is 17.7. The average molecular weight is 328 g/mol. The molecule has 0 fully saturated rings. The Bertz CT molecular complexity index is 772. The molecule has 6 nitrogen and oxygen atoms in total. The minimum Gasteiger partial charge on any atom is -0.495 e. The quantitative estimate of drug-likeness (QED) is 0.650. The van der Waals surface area contributed by atoms with Crippen LogP contribution in [0.4, 0.5) is 11.4 Å². The molecular formula is C18H20N2O4. The van der Waals surface area contributed by atoms with Gasteiger partial charge in [-0.25, -0.2) is 4.79 Å². The molecule has 0 aliphatic rings. The minimum absolute atomic E-state index is 0.246. The van der Waals surface area contributed by atoms with Crippen molar-refractivity contribution in [1.82, 2.24) is 0 Å². The lowest BCUT2D eigenvalue weighted by atomic mass is 10.1. The van der Waals surface area contributed by atoms with Gasteiger partial charge in [-0.15, -0.1) is 0 Å². The van der Waals surface area contributed by atoms with Crippen molar-refractivity contribution < 1.29 is 19.1 Å². The van der Waals surface area contributed by atoms with E-state index >= 15 is 0 Å². The van der Waals surface area contributed by atoms with Crippen LogP contribution < -0.4 is 15.8 Å². The molecule has 2 aromatic rings. The summed E-state index contributed by atoms with van der Waals surface area (Å²) in [5, 5.41) is 2.66. The van der Waals surface area contributed by atoms with Crippen LogP contribution in [0.15, 0.2) is 36.4 Å². The van der Waals surface area contributed by atoms with E-state index in [4.69, 9.17) is 15.2 Å². The maximum atomic E-state index is 12.0. The number of carbonyl (C=O) groups is 2. The van der Waals surface area contributed by atoms with Gasteiger partial charge in [0.05, 0.1) is 18.4 Å². The number of esters is 1. The molecule has 0 atom stereocenters. The summed E-state index contributed by atoms with van der Waals surface area (Å²) in [6, 6.07) is 10.5. The van der Waals surface area contributed by atoms with Gasteiger partial charge in [0.1, 0.15) is 5.75 Å². The Kier molecular flexibility index (Phi) is 5.42. The molecule has 0 saturated heterocycles. The maximum absolute atomic E-state index is 12.0. The van der Waals surface area contributed by atoms with Gasteiger partial charge >= 0.3 is 5.97 Å². The third-order valence-electron chi connectivity index (χ3n) is 3.51. The molecule has 0 bridgehead atoms. The van der Waals surface area contributed by atoms with E-state index in [2.05, 4.69) is 5.32 Å². The molecule has 1 amide bonds. The zero-order valence-electron chi connectivity index (χ0n) is 13.9. The molecule has 0 aliphatic carbocycles. The maximum Gasteiger partial charge on any atom is 0.340 e. The fourth-order valence-corrected chi connectivity index (χ4v) is 2.17. The van der Waals surface area contributed by atoms with Gasteiger partial charge in [-0.2, -0.15) is 0 Å². The molecule has 0 spiro atoms. The largest absolute Gasteiger partial charge is 0.495 e. The molecule has 0 unspecified atom stereocenters. The highest BCUT2D eigenvalue weighted by molar-refractivity contribution is 5.99. The first kappa shape index (κ1) is 17.3. The van der Waals surface area contributed by atoms with Crippen LogP contribution in [0.1, 0.15) is 21.5 Å². The second-order valence-corrected chi connectivity index (χ2v) is 5.36. The average Bonchev–Trinajstić information content (AvgIpc) is 2.55. The highest BCUT2D eigenvalue weighted by atomic mass is 16.5.